The van der Waals surface area contributed by atoms with Gasteiger partial charge in [0.05, 0.1) is 16.6 Å². The van der Waals surface area contributed by atoms with Gasteiger partial charge in [-0.25, -0.2) is 9.99 Å². The van der Waals surface area contributed by atoms with Crippen LogP contribution in [0.2, 0.25) is 0 Å². The molecular formula is C20H21N7O. The topological polar surface area (TPSA) is 92.9 Å². The van der Waals surface area contributed by atoms with E-state index in [1.165, 1.54) is 0 Å². The second kappa shape index (κ2) is 6.74. The van der Waals surface area contributed by atoms with Crippen LogP contribution in [-0.4, -0.2) is 69.2 Å². The Morgan fingerprint density at radius 1 is 1.07 bits per heavy atom. The largest absolute Gasteiger partial charge is 0.337 e. The highest BCUT2D eigenvalue weighted by molar-refractivity contribution is 5.98. The van der Waals surface area contributed by atoms with Crippen molar-refractivity contribution in [3.8, 4) is 11.5 Å². The van der Waals surface area contributed by atoms with Gasteiger partial charge in [0, 0.05) is 37.1 Å². The van der Waals surface area contributed by atoms with Gasteiger partial charge in [-0.05, 0) is 31.3 Å². The monoisotopic (exact) mass is 375 g/mol. The first-order chi connectivity index (χ1) is 13.7. The van der Waals surface area contributed by atoms with Crippen LogP contribution in [0.4, 0.5) is 0 Å². The number of nitrogens with zero attached hydrogens (tertiary/aromatic N) is 4. The number of amides is 1. The number of nitrogens with one attached hydrogen (secondary N) is 3. The summed E-state index contributed by atoms with van der Waals surface area (Å²) in [7, 11) is 2.09. The van der Waals surface area contributed by atoms with Gasteiger partial charge in [-0.3, -0.25) is 15.3 Å². The second-order valence-electron chi connectivity index (χ2n) is 7.17. The van der Waals surface area contributed by atoms with E-state index in [4.69, 9.17) is 0 Å². The number of hydrogen-bond acceptors (Lipinski definition) is 5. The molecule has 1 saturated heterocycles. The molecule has 2 aromatic heterocycles. The molecule has 0 unspecified atom stereocenters. The maximum Gasteiger partial charge on any atom is 0.265 e. The zero-order valence-corrected chi connectivity index (χ0v) is 15.6. The summed E-state index contributed by atoms with van der Waals surface area (Å²) in [6, 6.07) is 13.5. The first kappa shape index (κ1) is 16.9. The third-order valence-electron chi connectivity index (χ3n) is 5.20. The van der Waals surface area contributed by atoms with Crippen LogP contribution in [0, 0.1) is 0 Å². The first-order valence-electron chi connectivity index (χ1n) is 9.35. The summed E-state index contributed by atoms with van der Waals surface area (Å²) < 4.78 is 0. The van der Waals surface area contributed by atoms with Gasteiger partial charge in [-0.1, -0.05) is 18.2 Å². The Kier molecular flexibility index (Phi) is 4.07. The van der Waals surface area contributed by atoms with E-state index in [-0.39, 0.29) is 5.91 Å². The molecule has 3 N–H and O–H groups in total. The van der Waals surface area contributed by atoms with Crippen molar-refractivity contribution >= 4 is 27.8 Å². The number of likely N-dealkylation sites (N-methyl/N-ethyl adjacent to an activating group) is 1. The standard InChI is InChI=1S/C20H21N7O/c1-26-8-10-27(11-9-26)25-20(28)13-6-7-16-17(12-13)22-19(21-16)18-14-4-2-3-5-15(14)23-24-18/h2-7,12H,8-11H2,1H3,(H,21,22)(H,23,24)(H,25,28). The Hall–Kier alpha value is -3.23. The fourth-order valence-electron chi connectivity index (χ4n) is 3.53. The molecule has 0 bridgehead atoms. The maximum absolute atomic E-state index is 12.6. The number of hydrogen-bond donors (Lipinski definition) is 3. The Bertz CT molecular complexity index is 1150. The minimum absolute atomic E-state index is 0.110. The fourth-order valence-corrected chi connectivity index (χ4v) is 3.53. The summed E-state index contributed by atoms with van der Waals surface area (Å²) in [6.45, 7) is 3.53. The molecule has 1 aliphatic heterocycles. The van der Waals surface area contributed by atoms with Gasteiger partial charge in [-0.2, -0.15) is 5.10 Å². The van der Waals surface area contributed by atoms with E-state index in [0.717, 1.165) is 53.8 Å². The summed E-state index contributed by atoms with van der Waals surface area (Å²) in [5, 5.41) is 10.4. The lowest BCUT2D eigenvalue weighted by Gasteiger charge is -2.32. The first-order valence-corrected chi connectivity index (χ1v) is 9.35. The van der Waals surface area contributed by atoms with Crippen LogP contribution in [0.15, 0.2) is 42.5 Å². The predicted molar refractivity (Wildman–Crippen MR) is 108 cm³/mol. The Morgan fingerprint density at radius 3 is 2.75 bits per heavy atom. The van der Waals surface area contributed by atoms with E-state index in [2.05, 4.69) is 37.5 Å². The minimum atomic E-state index is -0.110. The highest BCUT2D eigenvalue weighted by atomic mass is 16.2. The summed E-state index contributed by atoms with van der Waals surface area (Å²) in [6.07, 6.45) is 0. The average Bonchev–Trinajstić information content (AvgIpc) is 3.32. The lowest BCUT2D eigenvalue weighted by atomic mass is 10.2. The van der Waals surface area contributed by atoms with Crippen molar-refractivity contribution in [2.24, 2.45) is 0 Å². The summed E-state index contributed by atoms with van der Waals surface area (Å²) >= 11 is 0. The van der Waals surface area contributed by atoms with E-state index in [1.807, 2.05) is 47.5 Å². The Morgan fingerprint density at radius 2 is 1.89 bits per heavy atom. The number of hydrazine groups is 1. The highest BCUT2D eigenvalue weighted by Gasteiger charge is 2.18. The summed E-state index contributed by atoms with van der Waals surface area (Å²) in [5.41, 5.74) is 6.94. The molecule has 0 atom stereocenters. The number of carbonyl (C=O) groups excluding carboxylic acids is 1. The van der Waals surface area contributed by atoms with Crippen molar-refractivity contribution in [3.63, 3.8) is 0 Å². The molecule has 2 aromatic carbocycles. The van der Waals surface area contributed by atoms with Crippen LogP contribution in [0.3, 0.4) is 0 Å². The predicted octanol–water partition coefficient (Wildman–Crippen LogP) is 2.00. The molecule has 5 rings (SSSR count). The van der Waals surface area contributed by atoms with Gasteiger partial charge < -0.3 is 9.88 Å². The molecular weight excluding hydrogens is 354 g/mol. The maximum atomic E-state index is 12.6. The quantitative estimate of drug-likeness (QED) is 0.509. The van der Waals surface area contributed by atoms with Crippen molar-refractivity contribution in [2.75, 3.05) is 33.2 Å². The van der Waals surface area contributed by atoms with Crippen LogP contribution in [0.1, 0.15) is 10.4 Å². The number of fused-ring (bicyclic) bond motifs is 2. The molecule has 4 aromatic rings. The molecule has 0 spiro atoms. The number of imidazole rings is 1. The highest BCUT2D eigenvalue weighted by Crippen LogP contribution is 2.26. The van der Waals surface area contributed by atoms with E-state index < -0.39 is 0 Å². The number of aromatic amines is 2. The van der Waals surface area contributed by atoms with Crippen LogP contribution in [0.25, 0.3) is 33.5 Å². The average molecular weight is 375 g/mol. The summed E-state index contributed by atoms with van der Waals surface area (Å²) in [5.74, 6) is 0.574. The lowest BCUT2D eigenvalue weighted by molar-refractivity contribution is 0.0662. The molecule has 8 nitrogen and oxygen atoms in total. The molecule has 28 heavy (non-hydrogen) atoms. The fraction of sp³-hybridized carbons (Fsp3) is 0.250. The van der Waals surface area contributed by atoms with Crippen LogP contribution in [-0.2, 0) is 0 Å². The third kappa shape index (κ3) is 3.02. The van der Waals surface area contributed by atoms with Gasteiger partial charge in [0.25, 0.3) is 5.91 Å². The van der Waals surface area contributed by atoms with Crippen molar-refractivity contribution in [1.82, 2.24) is 35.5 Å². The van der Waals surface area contributed by atoms with Gasteiger partial charge in [0.2, 0.25) is 0 Å². The van der Waals surface area contributed by atoms with Crippen LogP contribution >= 0.6 is 0 Å². The van der Waals surface area contributed by atoms with E-state index in [1.54, 1.807) is 0 Å². The molecule has 8 heteroatoms. The van der Waals surface area contributed by atoms with Crippen molar-refractivity contribution in [3.05, 3.63) is 48.0 Å². The van der Waals surface area contributed by atoms with E-state index >= 15 is 0 Å². The number of aromatic nitrogens is 4. The molecule has 3 heterocycles. The lowest BCUT2D eigenvalue weighted by Crippen LogP contribution is -2.52. The van der Waals surface area contributed by atoms with E-state index in [9.17, 15) is 4.79 Å². The number of benzene rings is 2. The van der Waals surface area contributed by atoms with Crippen LogP contribution < -0.4 is 5.43 Å². The zero-order valence-electron chi connectivity index (χ0n) is 15.6. The van der Waals surface area contributed by atoms with Gasteiger partial charge in [0.1, 0.15) is 5.69 Å². The molecule has 1 aliphatic rings. The summed E-state index contributed by atoms with van der Waals surface area (Å²) in [4.78, 5) is 22.8. The number of piperazine rings is 1. The second-order valence-corrected chi connectivity index (χ2v) is 7.17. The number of carbonyl (C=O) groups is 1. The Labute approximate surface area is 161 Å². The molecule has 0 radical (unpaired) electrons. The molecule has 1 amide bonds. The third-order valence-corrected chi connectivity index (χ3v) is 5.20. The minimum Gasteiger partial charge on any atom is -0.337 e. The number of rotatable bonds is 3. The zero-order chi connectivity index (χ0) is 19.1. The molecule has 142 valence electrons. The van der Waals surface area contributed by atoms with Crippen molar-refractivity contribution < 1.29 is 4.79 Å². The number of H-pyrrole nitrogens is 2. The van der Waals surface area contributed by atoms with Crippen molar-refractivity contribution in [1.29, 1.82) is 0 Å². The SMILES string of the molecule is CN1CCN(NC(=O)c2ccc3[nH]c(-c4n[nH]c5ccccc45)nc3c2)CC1. The van der Waals surface area contributed by atoms with Crippen molar-refractivity contribution in [2.45, 2.75) is 0 Å². The number of para-hydroxylation sites is 1. The molecule has 0 aliphatic carbocycles. The molecule has 1 fully saturated rings. The van der Waals surface area contributed by atoms with Gasteiger partial charge in [0.15, 0.2) is 5.82 Å². The van der Waals surface area contributed by atoms with Crippen LogP contribution in [0.5, 0.6) is 0 Å². The Balaban J connectivity index is 1.41. The normalized spacial score (nSPS) is 16.0. The van der Waals surface area contributed by atoms with E-state index in [0.29, 0.717) is 11.4 Å². The van der Waals surface area contributed by atoms with Gasteiger partial charge >= 0.3 is 0 Å². The van der Waals surface area contributed by atoms with Gasteiger partial charge in [-0.15, -0.1) is 0 Å². The smallest absolute Gasteiger partial charge is 0.265 e. The molecule has 0 saturated carbocycles.